The first-order valence-corrected chi connectivity index (χ1v) is 10.9. The second-order valence-electron chi connectivity index (χ2n) is 8.10. The Kier molecular flexibility index (Phi) is 6.59. The molecule has 4 rings (SSSR count). The number of aromatic nitrogens is 1. The minimum atomic E-state index is -0.0271. The van der Waals surface area contributed by atoms with E-state index in [-0.39, 0.29) is 12.0 Å². The molecule has 0 unspecified atom stereocenters. The number of carbonyl (C=O) groups excluding carboxylic acids is 1. The molecule has 1 N–H and O–H groups in total. The van der Waals surface area contributed by atoms with Gasteiger partial charge in [0.2, 0.25) is 0 Å². The van der Waals surface area contributed by atoms with Crippen molar-refractivity contribution in [2.24, 2.45) is 0 Å². The molecular weight excluding hydrogens is 402 g/mol. The summed E-state index contributed by atoms with van der Waals surface area (Å²) >= 11 is 0. The molecule has 6 nitrogen and oxygen atoms in total. The van der Waals surface area contributed by atoms with Crippen molar-refractivity contribution >= 4 is 17.4 Å². The summed E-state index contributed by atoms with van der Waals surface area (Å²) in [5.41, 5.74) is 3.64. The average Bonchev–Trinajstić information content (AvgIpc) is 2.82. The number of rotatable bonds is 6. The Morgan fingerprint density at radius 3 is 2.59 bits per heavy atom. The van der Waals surface area contributed by atoms with Crippen molar-refractivity contribution < 1.29 is 14.3 Å². The van der Waals surface area contributed by atoms with Crippen molar-refractivity contribution in [1.82, 2.24) is 9.88 Å². The Morgan fingerprint density at radius 1 is 1.03 bits per heavy atom. The molecule has 0 atom stereocenters. The van der Waals surface area contributed by atoms with E-state index in [1.165, 1.54) is 5.56 Å². The fourth-order valence-corrected chi connectivity index (χ4v) is 3.91. The van der Waals surface area contributed by atoms with Gasteiger partial charge in [-0.05, 0) is 55.3 Å². The largest absolute Gasteiger partial charge is 0.495 e. The number of anilines is 2. The summed E-state index contributed by atoms with van der Waals surface area (Å²) in [4.78, 5) is 19.6. The molecule has 1 saturated heterocycles. The standard InChI is InChI=1S/C26H29N3O3/c1-18-10-11-19(2)24(17-18)32-20-12-15-29(16-13-20)26(30)21-7-6-14-27-25(21)28-22-8-4-5-9-23(22)31-3/h4-11,14,17,20H,12-13,15-16H2,1-3H3,(H,27,28). The van der Waals surface area contributed by atoms with E-state index in [2.05, 4.69) is 42.3 Å². The second kappa shape index (κ2) is 9.73. The van der Waals surface area contributed by atoms with Crippen LogP contribution in [0.3, 0.4) is 0 Å². The van der Waals surface area contributed by atoms with Crippen LogP contribution < -0.4 is 14.8 Å². The van der Waals surface area contributed by atoms with Crippen molar-refractivity contribution in [3.8, 4) is 11.5 Å². The van der Waals surface area contributed by atoms with E-state index in [1.54, 1.807) is 19.4 Å². The highest BCUT2D eigenvalue weighted by Gasteiger charge is 2.27. The van der Waals surface area contributed by atoms with Crippen LogP contribution in [0.15, 0.2) is 60.8 Å². The Balaban J connectivity index is 1.43. The summed E-state index contributed by atoms with van der Waals surface area (Å²) in [5, 5.41) is 3.26. The number of nitrogens with one attached hydrogen (secondary N) is 1. The predicted octanol–water partition coefficient (Wildman–Crippen LogP) is 5.13. The highest BCUT2D eigenvalue weighted by Crippen LogP contribution is 2.29. The first-order valence-electron chi connectivity index (χ1n) is 10.9. The maximum Gasteiger partial charge on any atom is 0.257 e. The third kappa shape index (κ3) is 4.85. The van der Waals surface area contributed by atoms with Gasteiger partial charge in [-0.3, -0.25) is 4.79 Å². The molecule has 2 heterocycles. The number of para-hydroxylation sites is 2. The van der Waals surface area contributed by atoms with Gasteiger partial charge in [-0.15, -0.1) is 0 Å². The molecule has 0 aliphatic carbocycles. The fourth-order valence-electron chi connectivity index (χ4n) is 3.91. The van der Waals surface area contributed by atoms with Gasteiger partial charge in [0.15, 0.2) is 0 Å². The highest BCUT2D eigenvalue weighted by molar-refractivity contribution is 5.99. The van der Waals surface area contributed by atoms with Gasteiger partial charge in [-0.2, -0.15) is 0 Å². The predicted molar refractivity (Wildman–Crippen MR) is 126 cm³/mol. The molecule has 0 radical (unpaired) electrons. The van der Waals surface area contributed by atoms with Gasteiger partial charge in [0.25, 0.3) is 5.91 Å². The molecule has 6 heteroatoms. The van der Waals surface area contributed by atoms with Crippen LogP contribution in [0.5, 0.6) is 11.5 Å². The summed E-state index contributed by atoms with van der Waals surface area (Å²) in [6.07, 6.45) is 3.39. The first-order chi connectivity index (χ1) is 15.5. The Labute approximate surface area is 189 Å². The molecule has 1 aliphatic rings. The van der Waals surface area contributed by atoms with Crippen LogP contribution in [0.2, 0.25) is 0 Å². The van der Waals surface area contributed by atoms with Crippen LogP contribution in [0.4, 0.5) is 11.5 Å². The van der Waals surface area contributed by atoms with E-state index in [1.807, 2.05) is 35.2 Å². The van der Waals surface area contributed by atoms with E-state index in [9.17, 15) is 4.79 Å². The number of ether oxygens (including phenoxy) is 2. The molecule has 0 saturated carbocycles. The number of pyridine rings is 1. The normalized spacial score (nSPS) is 14.2. The van der Waals surface area contributed by atoms with Crippen LogP contribution in [0, 0.1) is 13.8 Å². The molecule has 1 fully saturated rings. The molecule has 1 amide bonds. The van der Waals surface area contributed by atoms with Gasteiger partial charge in [-0.25, -0.2) is 4.98 Å². The minimum absolute atomic E-state index is 0.0271. The summed E-state index contributed by atoms with van der Waals surface area (Å²) in [6, 6.07) is 17.4. The van der Waals surface area contributed by atoms with Gasteiger partial charge in [0, 0.05) is 32.1 Å². The van der Waals surface area contributed by atoms with Crippen LogP contribution >= 0.6 is 0 Å². The third-order valence-corrected chi connectivity index (χ3v) is 5.76. The van der Waals surface area contributed by atoms with Crippen LogP contribution in [0.1, 0.15) is 34.3 Å². The van der Waals surface area contributed by atoms with Gasteiger partial charge in [0.05, 0.1) is 18.4 Å². The van der Waals surface area contributed by atoms with Crippen molar-refractivity contribution in [3.63, 3.8) is 0 Å². The third-order valence-electron chi connectivity index (χ3n) is 5.76. The zero-order valence-electron chi connectivity index (χ0n) is 18.8. The van der Waals surface area contributed by atoms with E-state index in [4.69, 9.17) is 9.47 Å². The number of carbonyl (C=O) groups is 1. The second-order valence-corrected chi connectivity index (χ2v) is 8.10. The minimum Gasteiger partial charge on any atom is -0.495 e. The van der Waals surface area contributed by atoms with Crippen molar-refractivity contribution in [2.75, 3.05) is 25.5 Å². The Morgan fingerprint density at radius 2 is 1.81 bits per heavy atom. The van der Waals surface area contributed by atoms with E-state index >= 15 is 0 Å². The first kappa shape index (κ1) is 21.7. The molecule has 0 spiro atoms. The topological polar surface area (TPSA) is 63.7 Å². The zero-order valence-corrected chi connectivity index (χ0v) is 18.8. The smallest absolute Gasteiger partial charge is 0.257 e. The summed E-state index contributed by atoms with van der Waals surface area (Å²) in [7, 11) is 1.62. The number of hydrogen-bond donors (Lipinski definition) is 1. The Hall–Kier alpha value is -3.54. The molecule has 1 aromatic heterocycles. The lowest BCUT2D eigenvalue weighted by Crippen LogP contribution is -2.42. The average molecular weight is 432 g/mol. The van der Waals surface area contributed by atoms with Crippen molar-refractivity contribution in [3.05, 3.63) is 77.5 Å². The molecular formula is C26H29N3O3. The molecule has 3 aromatic rings. The molecule has 0 bridgehead atoms. The molecule has 166 valence electrons. The molecule has 1 aliphatic heterocycles. The number of hydrogen-bond acceptors (Lipinski definition) is 5. The van der Waals surface area contributed by atoms with E-state index in [0.717, 1.165) is 29.8 Å². The molecule has 32 heavy (non-hydrogen) atoms. The fraction of sp³-hybridized carbons (Fsp3) is 0.308. The highest BCUT2D eigenvalue weighted by atomic mass is 16.5. The maximum atomic E-state index is 13.3. The van der Waals surface area contributed by atoms with Gasteiger partial charge in [0.1, 0.15) is 23.4 Å². The van der Waals surface area contributed by atoms with Crippen molar-refractivity contribution in [1.29, 1.82) is 0 Å². The zero-order chi connectivity index (χ0) is 22.5. The monoisotopic (exact) mass is 431 g/mol. The quantitative estimate of drug-likeness (QED) is 0.586. The van der Waals surface area contributed by atoms with Crippen LogP contribution in [0.25, 0.3) is 0 Å². The van der Waals surface area contributed by atoms with E-state index < -0.39 is 0 Å². The summed E-state index contributed by atoms with van der Waals surface area (Å²) < 4.78 is 11.7. The number of methoxy groups -OCH3 is 1. The molecule has 2 aromatic carbocycles. The van der Waals surface area contributed by atoms with Gasteiger partial charge >= 0.3 is 0 Å². The summed E-state index contributed by atoms with van der Waals surface area (Å²) in [6.45, 7) is 5.43. The van der Waals surface area contributed by atoms with Crippen LogP contribution in [-0.2, 0) is 0 Å². The number of benzene rings is 2. The van der Waals surface area contributed by atoms with Crippen LogP contribution in [-0.4, -0.2) is 42.1 Å². The van der Waals surface area contributed by atoms with Gasteiger partial charge < -0.3 is 19.7 Å². The van der Waals surface area contributed by atoms with E-state index in [0.29, 0.717) is 30.2 Å². The number of aryl methyl sites for hydroxylation is 2. The van der Waals surface area contributed by atoms with Crippen molar-refractivity contribution in [2.45, 2.75) is 32.8 Å². The maximum absolute atomic E-state index is 13.3. The lowest BCUT2D eigenvalue weighted by molar-refractivity contribution is 0.0595. The SMILES string of the molecule is COc1ccccc1Nc1ncccc1C(=O)N1CCC(Oc2cc(C)ccc2C)CC1. The lowest BCUT2D eigenvalue weighted by Gasteiger charge is -2.33. The van der Waals surface area contributed by atoms with Gasteiger partial charge in [-0.1, -0.05) is 24.3 Å². The number of likely N-dealkylation sites (tertiary alicyclic amines) is 1. The Bertz CT molecular complexity index is 1090. The summed E-state index contributed by atoms with van der Waals surface area (Å²) in [5.74, 6) is 2.13. The lowest BCUT2D eigenvalue weighted by atomic mass is 10.1. The number of nitrogens with zero attached hydrogens (tertiary/aromatic N) is 2. The number of amides is 1. The number of piperidine rings is 1.